The Kier molecular flexibility index (Phi) is 16.7. The fraction of sp³-hybridized carbons (Fsp3) is 0.595. The molecule has 43 heavy (non-hydrogen) atoms. The second-order valence-corrected chi connectivity index (χ2v) is 12.1. The Morgan fingerprint density at radius 1 is 0.977 bits per heavy atom. The SMILES string of the molecule is CCCCC/C=C/C/C=C/CCCCCCCC(=O)OCc1cc(OC)c2c(c1C=O)OC(C)(CC(=O)C=C(C)C)CC2. The van der Waals surface area contributed by atoms with Crippen LogP contribution < -0.4 is 9.47 Å². The van der Waals surface area contributed by atoms with Gasteiger partial charge in [-0.15, -0.1) is 0 Å². The van der Waals surface area contributed by atoms with Crippen molar-refractivity contribution in [3.05, 3.63) is 58.7 Å². The molecule has 1 aliphatic heterocycles. The number of unbranched alkanes of at least 4 members (excludes halogenated alkanes) is 8. The van der Waals surface area contributed by atoms with Gasteiger partial charge in [-0.25, -0.2) is 0 Å². The van der Waals surface area contributed by atoms with Gasteiger partial charge in [0.15, 0.2) is 12.1 Å². The van der Waals surface area contributed by atoms with Gasteiger partial charge in [0.25, 0.3) is 0 Å². The third-order valence-corrected chi connectivity index (χ3v) is 7.78. The van der Waals surface area contributed by atoms with Crippen molar-refractivity contribution in [3.8, 4) is 11.5 Å². The molecule has 0 amide bonds. The number of fused-ring (bicyclic) bond motifs is 1. The van der Waals surface area contributed by atoms with E-state index in [2.05, 4.69) is 31.2 Å². The van der Waals surface area contributed by atoms with Crippen LogP contribution in [0.4, 0.5) is 0 Å². The Morgan fingerprint density at radius 2 is 1.65 bits per heavy atom. The normalized spacial score (nSPS) is 16.1. The number of aldehydes is 1. The number of rotatable bonds is 21. The molecule has 0 radical (unpaired) electrons. The first-order valence-electron chi connectivity index (χ1n) is 16.2. The van der Waals surface area contributed by atoms with Crippen LogP contribution >= 0.6 is 0 Å². The van der Waals surface area contributed by atoms with Crippen LogP contribution in [0.1, 0.15) is 139 Å². The molecule has 0 aliphatic carbocycles. The van der Waals surface area contributed by atoms with Crippen molar-refractivity contribution >= 4 is 18.0 Å². The number of methoxy groups -OCH3 is 1. The molecule has 0 aromatic heterocycles. The molecule has 0 bridgehead atoms. The minimum absolute atomic E-state index is 0.0102. The molecule has 6 nitrogen and oxygen atoms in total. The molecule has 1 atom stereocenters. The van der Waals surface area contributed by atoms with E-state index in [4.69, 9.17) is 14.2 Å². The quantitative estimate of drug-likeness (QED) is 0.0464. The van der Waals surface area contributed by atoms with Crippen molar-refractivity contribution in [1.29, 1.82) is 0 Å². The standard InChI is InChI=1S/C37H54O6/c1-6-7-8-9-10-11-12-13-14-15-16-17-18-19-20-21-35(40)42-28-30-25-34(41-5)32-22-23-37(4,26-31(39)24-29(2)3)43-36(32)33(30)27-38/h10-11,13-14,24-25,27H,6-9,12,15-23,26,28H2,1-5H3/b11-10+,14-13+. The van der Waals surface area contributed by atoms with E-state index in [1.165, 1.54) is 32.1 Å². The maximum absolute atomic E-state index is 12.5. The predicted molar refractivity (Wildman–Crippen MR) is 174 cm³/mol. The summed E-state index contributed by atoms with van der Waals surface area (Å²) < 4.78 is 17.5. The first kappa shape index (κ1) is 36.0. The van der Waals surface area contributed by atoms with Crippen molar-refractivity contribution in [2.75, 3.05) is 7.11 Å². The number of ether oxygens (including phenoxy) is 3. The van der Waals surface area contributed by atoms with E-state index in [9.17, 15) is 14.4 Å². The van der Waals surface area contributed by atoms with Crippen LogP contribution in [-0.4, -0.2) is 30.7 Å². The third kappa shape index (κ3) is 13.4. The van der Waals surface area contributed by atoms with Crippen LogP contribution in [0.5, 0.6) is 11.5 Å². The Bertz CT molecular complexity index is 1120. The van der Waals surface area contributed by atoms with Gasteiger partial charge in [0.1, 0.15) is 23.7 Å². The first-order valence-corrected chi connectivity index (χ1v) is 16.2. The zero-order valence-electron chi connectivity index (χ0n) is 27.3. The van der Waals surface area contributed by atoms with Crippen molar-refractivity contribution < 1.29 is 28.6 Å². The monoisotopic (exact) mass is 594 g/mol. The maximum atomic E-state index is 12.5. The summed E-state index contributed by atoms with van der Waals surface area (Å²) in [5.74, 6) is 0.729. The van der Waals surface area contributed by atoms with Crippen molar-refractivity contribution in [1.82, 2.24) is 0 Å². The van der Waals surface area contributed by atoms with Gasteiger partial charge in [-0.3, -0.25) is 14.4 Å². The second kappa shape index (κ2) is 19.9. The average Bonchev–Trinajstić information content (AvgIpc) is 2.96. The lowest BCUT2D eigenvalue weighted by Gasteiger charge is -2.37. The number of carbonyl (C=O) groups is 3. The molecular formula is C37H54O6. The molecule has 0 spiro atoms. The molecule has 0 saturated heterocycles. The molecule has 0 saturated carbocycles. The second-order valence-electron chi connectivity index (χ2n) is 12.1. The van der Waals surface area contributed by atoms with E-state index in [1.54, 1.807) is 19.3 Å². The number of hydrogen-bond acceptors (Lipinski definition) is 6. The Morgan fingerprint density at radius 3 is 2.30 bits per heavy atom. The van der Waals surface area contributed by atoms with Crippen LogP contribution in [0.2, 0.25) is 0 Å². The lowest BCUT2D eigenvalue weighted by molar-refractivity contribution is -0.145. The molecule has 2 rings (SSSR count). The fourth-order valence-electron chi connectivity index (χ4n) is 5.39. The van der Waals surface area contributed by atoms with Crippen LogP contribution in [-0.2, 0) is 27.4 Å². The van der Waals surface area contributed by atoms with E-state index in [-0.39, 0.29) is 24.8 Å². The summed E-state index contributed by atoms with van der Waals surface area (Å²) >= 11 is 0. The summed E-state index contributed by atoms with van der Waals surface area (Å²) in [6, 6.07) is 1.76. The van der Waals surface area contributed by atoms with E-state index in [0.717, 1.165) is 55.9 Å². The lowest BCUT2D eigenvalue weighted by atomic mass is 9.86. The van der Waals surface area contributed by atoms with E-state index >= 15 is 0 Å². The summed E-state index contributed by atoms with van der Waals surface area (Å²) in [5.41, 5.74) is 1.89. The smallest absolute Gasteiger partial charge is 0.306 e. The molecule has 1 aromatic rings. The maximum Gasteiger partial charge on any atom is 0.306 e. The van der Waals surface area contributed by atoms with Crippen LogP contribution in [0, 0.1) is 0 Å². The van der Waals surface area contributed by atoms with Crippen molar-refractivity contribution in [3.63, 3.8) is 0 Å². The van der Waals surface area contributed by atoms with Crippen molar-refractivity contribution in [2.24, 2.45) is 0 Å². The Labute approximate surface area is 259 Å². The van der Waals surface area contributed by atoms with Gasteiger partial charge >= 0.3 is 5.97 Å². The Balaban J connectivity index is 1.78. The molecule has 238 valence electrons. The van der Waals surface area contributed by atoms with Gasteiger partial charge in [-0.1, -0.05) is 68.9 Å². The van der Waals surface area contributed by atoms with Crippen molar-refractivity contribution in [2.45, 2.75) is 136 Å². The number of ketones is 1. The number of benzene rings is 1. The van der Waals surface area contributed by atoms with E-state index in [1.807, 2.05) is 20.8 Å². The number of hydrogen-bond donors (Lipinski definition) is 0. The lowest BCUT2D eigenvalue weighted by Crippen LogP contribution is -2.39. The summed E-state index contributed by atoms with van der Waals surface area (Å²) in [5, 5.41) is 0. The highest BCUT2D eigenvalue weighted by molar-refractivity contribution is 5.91. The van der Waals surface area contributed by atoms with Gasteiger partial charge in [-0.05, 0) is 84.3 Å². The summed E-state index contributed by atoms with van der Waals surface area (Å²) in [4.78, 5) is 37.2. The molecule has 1 aliphatic rings. The fourth-order valence-corrected chi connectivity index (χ4v) is 5.39. The van der Waals surface area contributed by atoms with Gasteiger partial charge in [0, 0.05) is 24.0 Å². The van der Waals surface area contributed by atoms with E-state index in [0.29, 0.717) is 41.9 Å². The van der Waals surface area contributed by atoms with Gasteiger partial charge in [-0.2, -0.15) is 0 Å². The third-order valence-electron chi connectivity index (χ3n) is 7.78. The zero-order valence-corrected chi connectivity index (χ0v) is 27.3. The molecule has 6 heteroatoms. The highest BCUT2D eigenvalue weighted by Crippen LogP contribution is 2.43. The Hall–Kier alpha value is -3.15. The topological polar surface area (TPSA) is 78.9 Å². The molecule has 0 fully saturated rings. The summed E-state index contributed by atoms with van der Waals surface area (Å²) in [7, 11) is 1.57. The minimum Gasteiger partial charge on any atom is -0.496 e. The number of carbonyl (C=O) groups excluding carboxylic acids is 3. The average molecular weight is 595 g/mol. The molecule has 0 N–H and O–H groups in total. The molecule has 1 unspecified atom stereocenters. The van der Waals surface area contributed by atoms with Gasteiger partial charge < -0.3 is 14.2 Å². The summed E-state index contributed by atoms with van der Waals surface area (Å²) in [6.45, 7) is 7.86. The predicted octanol–water partition coefficient (Wildman–Crippen LogP) is 9.37. The molecule has 1 heterocycles. The van der Waals surface area contributed by atoms with Crippen LogP contribution in [0.25, 0.3) is 0 Å². The summed E-state index contributed by atoms with van der Waals surface area (Å²) in [6.07, 6.45) is 25.6. The largest absolute Gasteiger partial charge is 0.496 e. The highest BCUT2D eigenvalue weighted by Gasteiger charge is 2.37. The molecular weight excluding hydrogens is 540 g/mol. The van der Waals surface area contributed by atoms with E-state index < -0.39 is 5.60 Å². The highest BCUT2D eigenvalue weighted by atomic mass is 16.5. The molecule has 1 aromatic carbocycles. The minimum atomic E-state index is -0.741. The van der Waals surface area contributed by atoms with Crippen LogP contribution in [0.15, 0.2) is 42.0 Å². The first-order chi connectivity index (χ1) is 20.7. The van der Waals surface area contributed by atoms with Gasteiger partial charge in [0.2, 0.25) is 0 Å². The number of allylic oxidation sites excluding steroid dienone is 6. The zero-order chi connectivity index (χ0) is 31.5. The van der Waals surface area contributed by atoms with Gasteiger partial charge in [0.05, 0.1) is 12.7 Å². The number of esters is 1. The van der Waals surface area contributed by atoms with Crippen LogP contribution in [0.3, 0.4) is 0 Å².